The number of rotatable bonds is 6. The summed E-state index contributed by atoms with van der Waals surface area (Å²) in [5, 5.41) is 13.0. The molecule has 0 saturated heterocycles. The van der Waals surface area contributed by atoms with Crippen LogP contribution in [-0.4, -0.2) is 22.0 Å². The van der Waals surface area contributed by atoms with Crippen molar-refractivity contribution in [3.8, 4) is 0 Å². The van der Waals surface area contributed by atoms with Crippen molar-refractivity contribution in [2.75, 3.05) is 0 Å². The van der Waals surface area contributed by atoms with Gasteiger partial charge in [-0.2, -0.15) is 0 Å². The van der Waals surface area contributed by atoms with Crippen molar-refractivity contribution in [3.05, 3.63) is 116 Å². The fourth-order valence-electron chi connectivity index (χ4n) is 3.72. The average molecular weight is 447 g/mol. The number of hydrogen-bond acceptors (Lipinski definition) is 3. The molecular weight excluding hydrogens is 428 g/mol. The molecule has 0 bridgehead atoms. The molecule has 6 nitrogen and oxygen atoms in total. The SMILES string of the molecule is O=C(O)c1cc2cc(Cl)cc(CNC(=O)C(c3ccccc3)c3ccccc3)c2[nH]c1=O. The number of carboxylic acids is 1. The van der Waals surface area contributed by atoms with Gasteiger partial charge in [-0.15, -0.1) is 0 Å². The van der Waals surface area contributed by atoms with Gasteiger partial charge in [0.25, 0.3) is 5.56 Å². The lowest BCUT2D eigenvalue weighted by atomic mass is 9.90. The van der Waals surface area contributed by atoms with E-state index in [2.05, 4.69) is 10.3 Å². The predicted octanol–water partition coefficient (Wildman–Crippen LogP) is 4.33. The summed E-state index contributed by atoms with van der Waals surface area (Å²) in [5.41, 5.74) is 1.63. The number of aromatic carboxylic acids is 1. The molecule has 0 atom stereocenters. The van der Waals surface area contributed by atoms with Crippen LogP contribution in [-0.2, 0) is 11.3 Å². The van der Waals surface area contributed by atoms with E-state index in [1.165, 1.54) is 6.07 Å². The maximum atomic E-state index is 13.3. The van der Waals surface area contributed by atoms with E-state index >= 15 is 0 Å². The molecule has 3 N–H and O–H groups in total. The summed E-state index contributed by atoms with van der Waals surface area (Å²) in [7, 11) is 0. The Morgan fingerprint density at radius 3 is 2.09 bits per heavy atom. The van der Waals surface area contributed by atoms with Crippen LogP contribution in [0.1, 0.15) is 33.0 Å². The molecule has 0 radical (unpaired) electrons. The lowest BCUT2D eigenvalue weighted by molar-refractivity contribution is -0.121. The summed E-state index contributed by atoms with van der Waals surface area (Å²) in [4.78, 5) is 39.3. The van der Waals surface area contributed by atoms with Crippen LogP contribution in [0.25, 0.3) is 10.9 Å². The third-order valence-corrected chi connectivity index (χ3v) is 5.43. The molecule has 1 heterocycles. The second kappa shape index (κ2) is 9.08. The molecule has 0 aliphatic rings. The van der Waals surface area contributed by atoms with Crippen molar-refractivity contribution >= 4 is 34.4 Å². The van der Waals surface area contributed by atoms with Gasteiger partial charge >= 0.3 is 5.97 Å². The zero-order valence-electron chi connectivity index (χ0n) is 16.8. The number of fused-ring (bicyclic) bond motifs is 1. The van der Waals surface area contributed by atoms with Crippen molar-refractivity contribution in [2.24, 2.45) is 0 Å². The van der Waals surface area contributed by atoms with Gasteiger partial charge in [0.1, 0.15) is 5.56 Å². The van der Waals surface area contributed by atoms with Crippen LogP contribution in [0.2, 0.25) is 5.02 Å². The molecule has 160 valence electrons. The minimum absolute atomic E-state index is 0.106. The van der Waals surface area contributed by atoms with E-state index in [1.807, 2.05) is 60.7 Å². The molecule has 1 amide bonds. The monoisotopic (exact) mass is 446 g/mol. The Kier molecular flexibility index (Phi) is 6.05. The first-order valence-corrected chi connectivity index (χ1v) is 10.3. The number of aromatic nitrogens is 1. The number of amides is 1. The number of carbonyl (C=O) groups excluding carboxylic acids is 1. The number of pyridine rings is 1. The first-order valence-electron chi connectivity index (χ1n) is 9.90. The van der Waals surface area contributed by atoms with E-state index in [4.69, 9.17) is 11.6 Å². The van der Waals surface area contributed by atoms with Crippen molar-refractivity contribution < 1.29 is 14.7 Å². The zero-order chi connectivity index (χ0) is 22.7. The Bertz CT molecular complexity index is 1310. The molecule has 0 aliphatic carbocycles. The molecule has 3 aromatic carbocycles. The Morgan fingerprint density at radius 2 is 1.53 bits per heavy atom. The number of halogens is 1. The summed E-state index contributed by atoms with van der Waals surface area (Å²) in [5.74, 6) is -2.04. The first kappa shape index (κ1) is 21.3. The summed E-state index contributed by atoms with van der Waals surface area (Å²) >= 11 is 6.21. The van der Waals surface area contributed by atoms with Gasteiger partial charge in [0.15, 0.2) is 0 Å². The molecule has 32 heavy (non-hydrogen) atoms. The molecular formula is C25H19ClN2O4. The van der Waals surface area contributed by atoms with E-state index in [1.54, 1.807) is 12.1 Å². The minimum atomic E-state index is -1.32. The van der Waals surface area contributed by atoms with Gasteiger partial charge in [0.05, 0.1) is 11.4 Å². The molecule has 7 heteroatoms. The molecule has 4 rings (SSSR count). The van der Waals surface area contributed by atoms with Gasteiger partial charge in [0, 0.05) is 17.0 Å². The normalized spacial score (nSPS) is 10.9. The number of carbonyl (C=O) groups is 2. The Morgan fingerprint density at radius 1 is 0.938 bits per heavy atom. The van der Waals surface area contributed by atoms with E-state index in [9.17, 15) is 19.5 Å². The van der Waals surface area contributed by atoms with Crippen molar-refractivity contribution in [1.29, 1.82) is 0 Å². The lowest BCUT2D eigenvalue weighted by Gasteiger charge is -2.18. The van der Waals surface area contributed by atoms with Gasteiger partial charge < -0.3 is 15.4 Å². The maximum Gasteiger partial charge on any atom is 0.341 e. The topological polar surface area (TPSA) is 99.3 Å². The molecule has 1 aromatic heterocycles. The summed E-state index contributed by atoms with van der Waals surface area (Å²) in [6, 6.07) is 23.4. The Balaban J connectivity index is 1.67. The third-order valence-electron chi connectivity index (χ3n) is 5.21. The Hall–Kier alpha value is -3.90. The standard InChI is InChI=1S/C25H19ClN2O4/c26-19-11-17-13-20(25(31)32)23(29)28-22(17)18(12-19)14-27-24(30)21(15-7-3-1-4-8-15)16-9-5-2-6-10-16/h1-13,21H,14H2,(H,27,30)(H,28,29)(H,31,32). The number of hydrogen-bond donors (Lipinski definition) is 3. The highest BCUT2D eigenvalue weighted by molar-refractivity contribution is 6.31. The highest BCUT2D eigenvalue weighted by Gasteiger charge is 2.22. The quantitative estimate of drug-likeness (QED) is 0.410. The van der Waals surface area contributed by atoms with E-state index < -0.39 is 17.4 Å². The van der Waals surface area contributed by atoms with Gasteiger partial charge in [-0.3, -0.25) is 9.59 Å². The van der Waals surface area contributed by atoms with Crippen molar-refractivity contribution in [1.82, 2.24) is 10.3 Å². The summed E-state index contributed by atoms with van der Waals surface area (Å²) in [6.45, 7) is 0.106. The van der Waals surface area contributed by atoms with Gasteiger partial charge in [-0.25, -0.2) is 4.79 Å². The fraction of sp³-hybridized carbons (Fsp3) is 0.0800. The van der Waals surface area contributed by atoms with Crippen LogP contribution in [0.5, 0.6) is 0 Å². The number of carboxylic acid groups (broad SMARTS) is 1. The number of aromatic amines is 1. The minimum Gasteiger partial charge on any atom is -0.477 e. The van der Waals surface area contributed by atoms with Crippen LogP contribution in [0.4, 0.5) is 0 Å². The van der Waals surface area contributed by atoms with E-state index in [0.717, 1.165) is 11.1 Å². The molecule has 0 unspecified atom stereocenters. The summed E-state index contributed by atoms with van der Waals surface area (Å²) < 4.78 is 0. The van der Waals surface area contributed by atoms with Crippen molar-refractivity contribution in [2.45, 2.75) is 12.5 Å². The molecule has 0 saturated carbocycles. The van der Waals surface area contributed by atoms with Crippen LogP contribution in [0.3, 0.4) is 0 Å². The second-order valence-electron chi connectivity index (χ2n) is 7.32. The zero-order valence-corrected chi connectivity index (χ0v) is 17.6. The predicted molar refractivity (Wildman–Crippen MR) is 123 cm³/mol. The molecule has 0 aliphatic heterocycles. The Labute approximate surface area is 188 Å². The molecule has 0 spiro atoms. The van der Waals surface area contributed by atoms with Crippen LogP contribution < -0.4 is 10.9 Å². The highest BCUT2D eigenvalue weighted by atomic mass is 35.5. The fourth-order valence-corrected chi connectivity index (χ4v) is 3.97. The lowest BCUT2D eigenvalue weighted by Crippen LogP contribution is -2.30. The summed E-state index contributed by atoms with van der Waals surface area (Å²) in [6.07, 6.45) is 0. The van der Waals surface area contributed by atoms with Crippen LogP contribution >= 0.6 is 11.6 Å². The van der Waals surface area contributed by atoms with Gasteiger partial charge in [0.2, 0.25) is 5.91 Å². The van der Waals surface area contributed by atoms with E-state index in [-0.39, 0.29) is 18.0 Å². The number of H-pyrrole nitrogens is 1. The highest BCUT2D eigenvalue weighted by Crippen LogP contribution is 2.26. The second-order valence-corrected chi connectivity index (χ2v) is 7.76. The maximum absolute atomic E-state index is 13.3. The largest absolute Gasteiger partial charge is 0.477 e. The smallest absolute Gasteiger partial charge is 0.341 e. The average Bonchev–Trinajstić information content (AvgIpc) is 2.79. The number of benzene rings is 3. The van der Waals surface area contributed by atoms with Crippen LogP contribution in [0.15, 0.2) is 83.7 Å². The van der Waals surface area contributed by atoms with Crippen molar-refractivity contribution in [3.63, 3.8) is 0 Å². The van der Waals surface area contributed by atoms with Gasteiger partial charge in [-0.1, -0.05) is 72.3 Å². The molecule has 0 fully saturated rings. The number of nitrogens with one attached hydrogen (secondary N) is 2. The molecule has 4 aromatic rings. The van der Waals surface area contributed by atoms with Gasteiger partial charge in [-0.05, 0) is 34.9 Å². The third kappa shape index (κ3) is 4.40. The van der Waals surface area contributed by atoms with E-state index in [0.29, 0.717) is 21.5 Å². The first-order chi connectivity index (χ1) is 15.4. The van der Waals surface area contributed by atoms with Crippen LogP contribution in [0, 0.1) is 0 Å².